The number of ketones is 1. The van der Waals surface area contributed by atoms with E-state index in [0.29, 0.717) is 30.3 Å². The average molecular weight is 324 g/mol. The summed E-state index contributed by atoms with van der Waals surface area (Å²) < 4.78 is 0. The molecule has 1 aliphatic heterocycles. The zero-order valence-electron chi connectivity index (χ0n) is 13.8. The number of nitrogens with zero attached hydrogens (tertiary/aromatic N) is 3. The van der Waals surface area contributed by atoms with E-state index in [4.69, 9.17) is 0 Å². The van der Waals surface area contributed by atoms with Crippen molar-refractivity contribution in [3.63, 3.8) is 0 Å². The number of hydrogen-bond donors (Lipinski definition) is 1. The van der Waals surface area contributed by atoms with Crippen molar-refractivity contribution in [3.05, 3.63) is 53.7 Å². The van der Waals surface area contributed by atoms with Crippen LogP contribution in [0, 0.1) is 0 Å². The molecule has 3 rings (SSSR count). The molecule has 1 aromatic heterocycles. The number of pyridine rings is 1. The molecule has 1 aromatic carbocycles. The minimum Gasteiger partial charge on any atom is -0.363 e. The van der Waals surface area contributed by atoms with Crippen LogP contribution in [-0.4, -0.2) is 37.4 Å². The maximum absolute atomic E-state index is 12.5. The molecule has 2 heterocycles. The lowest BCUT2D eigenvalue weighted by Crippen LogP contribution is -2.44. The van der Waals surface area contributed by atoms with Crippen LogP contribution < -0.4 is 15.1 Å². The standard InChI is InChI=1S/C18H20N4O2/c1-21(2)16-9-8-14-17(20-16)15(23)10-11-22(14)18(24)19-12-13-6-4-3-5-7-13/h3-9H,10-12H2,1-2H3,(H,19,24). The molecule has 0 bridgehead atoms. The third-order valence-electron chi connectivity index (χ3n) is 3.97. The van der Waals surface area contributed by atoms with Gasteiger partial charge in [-0.05, 0) is 17.7 Å². The number of Topliss-reactive ketones (excluding diaryl/α,β-unsaturated/α-hetero) is 1. The first kappa shape index (κ1) is 16.0. The Morgan fingerprint density at radius 3 is 2.67 bits per heavy atom. The fourth-order valence-electron chi connectivity index (χ4n) is 2.65. The number of urea groups is 1. The topological polar surface area (TPSA) is 65.5 Å². The highest BCUT2D eigenvalue weighted by molar-refractivity contribution is 6.07. The number of fused-ring (bicyclic) bond motifs is 1. The van der Waals surface area contributed by atoms with Crippen molar-refractivity contribution in [2.45, 2.75) is 13.0 Å². The van der Waals surface area contributed by atoms with Crippen LogP contribution in [0.3, 0.4) is 0 Å². The number of amides is 2. The molecule has 0 aliphatic carbocycles. The van der Waals surface area contributed by atoms with Gasteiger partial charge < -0.3 is 10.2 Å². The first-order valence-electron chi connectivity index (χ1n) is 7.87. The molecule has 0 atom stereocenters. The summed E-state index contributed by atoms with van der Waals surface area (Å²) >= 11 is 0. The minimum absolute atomic E-state index is 0.0270. The van der Waals surface area contributed by atoms with Gasteiger partial charge in [-0.15, -0.1) is 0 Å². The van der Waals surface area contributed by atoms with Crippen LogP contribution in [0.1, 0.15) is 22.5 Å². The molecule has 24 heavy (non-hydrogen) atoms. The van der Waals surface area contributed by atoms with Gasteiger partial charge in [0, 0.05) is 33.6 Å². The fourth-order valence-corrected chi connectivity index (χ4v) is 2.65. The highest BCUT2D eigenvalue weighted by atomic mass is 16.2. The molecule has 0 fully saturated rings. The molecule has 0 saturated heterocycles. The van der Waals surface area contributed by atoms with Crippen molar-refractivity contribution in [1.29, 1.82) is 0 Å². The lowest BCUT2D eigenvalue weighted by molar-refractivity contribution is 0.0976. The predicted molar refractivity (Wildman–Crippen MR) is 93.5 cm³/mol. The molecule has 1 N–H and O–H groups in total. The van der Waals surface area contributed by atoms with Gasteiger partial charge in [0.25, 0.3) is 0 Å². The Morgan fingerprint density at radius 1 is 1.21 bits per heavy atom. The second-order valence-corrected chi connectivity index (χ2v) is 5.90. The van der Waals surface area contributed by atoms with Gasteiger partial charge in [-0.25, -0.2) is 9.78 Å². The maximum atomic E-state index is 12.5. The van der Waals surface area contributed by atoms with Crippen molar-refractivity contribution in [2.24, 2.45) is 0 Å². The molecule has 2 amide bonds. The molecule has 0 saturated carbocycles. The first-order chi connectivity index (χ1) is 11.6. The van der Waals surface area contributed by atoms with Crippen molar-refractivity contribution in [2.75, 3.05) is 30.4 Å². The summed E-state index contributed by atoms with van der Waals surface area (Å²) in [4.78, 5) is 32.5. The fraction of sp³-hybridized carbons (Fsp3) is 0.278. The van der Waals surface area contributed by atoms with Gasteiger partial charge in [-0.2, -0.15) is 0 Å². The van der Waals surface area contributed by atoms with Crippen LogP contribution in [0.4, 0.5) is 16.3 Å². The van der Waals surface area contributed by atoms with E-state index in [1.54, 1.807) is 11.0 Å². The van der Waals surface area contributed by atoms with E-state index in [1.807, 2.05) is 55.4 Å². The van der Waals surface area contributed by atoms with E-state index in [9.17, 15) is 9.59 Å². The van der Waals surface area contributed by atoms with E-state index >= 15 is 0 Å². The van der Waals surface area contributed by atoms with Crippen LogP contribution >= 0.6 is 0 Å². The molecule has 1 aliphatic rings. The van der Waals surface area contributed by atoms with Crippen LogP contribution in [0.5, 0.6) is 0 Å². The van der Waals surface area contributed by atoms with E-state index in [1.165, 1.54) is 0 Å². The molecular weight excluding hydrogens is 304 g/mol. The van der Waals surface area contributed by atoms with Crippen LogP contribution in [0.25, 0.3) is 0 Å². The summed E-state index contributed by atoms with van der Waals surface area (Å²) in [5.41, 5.74) is 1.96. The van der Waals surface area contributed by atoms with Crippen molar-refractivity contribution >= 4 is 23.3 Å². The van der Waals surface area contributed by atoms with E-state index in [0.717, 1.165) is 5.56 Å². The number of carbonyl (C=O) groups excluding carboxylic acids is 2. The zero-order valence-corrected chi connectivity index (χ0v) is 13.8. The van der Waals surface area contributed by atoms with Crippen LogP contribution in [0.2, 0.25) is 0 Å². The number of hydrogen-bond acceptors (Lipinski definition) is 4. The van der Waals surface area contributed by atoms with Crippen molar-refractivity contribution in [1.82, 2.24) is 10.3 Å². The Bertz CT molecular complexity index is 759. The number of benzene rings is 1. The maximum Gasteiger partial charge on any atom is 0.322 e. The quantitative estimate of drug-likeness (QED) is 0.942. The van der Waals surface area contributed by atoms with Crippen LogP contribution in [0.15, 0.2) is 42.5 Å². The molecule has 0 spiro atoms. The van der Waals surface area contributed by atoms with Gasteiger partial charge in [0.1, 0.15) is 11.5 Å². The third-order valence-corrected chi connectivity index (χ3v) is 3.97. The number of nitrogens with one attached hydrogen (secondary N) is 1. The summed E-state index contributed by atoms with van der Waals surface area (Å²) in [7, 11) is 3.73. The highest BCUT2D eigenvalue weighted by Crippen LogP contribution is 2.27. The van der Waals surface area contributed by atoms with E-state index < -0.39 is 0 Å². The minimum atomic E-state index is -0.216. The average Bonchev–Trinajstić information content (AvgIpc) is 2.60. The summed E-state index contributed by atoms with van der Waals surface area (Å²) in [6, 6.07) is 13.1. The second-order valence-electron chi connectivity index (χ2n) is 5.90. The Morgan fingerprint density at radius 2 is 1.96 bits per heavy atom. The van der Waals surface area contributed by atoms with Gasteiger partial charge >= 0.3 is 6.03 Å². The highest BCUT2D eigenvalue weighted by Gasteiger charge is 2.28. The molecule has 0 radical (unpaired) electrons. The number of aromatic nitrogens is 1. The molecule has 124 valence electrons. The Hall–Kier alpha value is -2.89. The van der Waals surface area contributed by atoms with E-state index in [-0.39, 0.29) is 18.2 Å². The summed E-state index contributed by atoms with van der Waals surface area (Å²) in [5.74, 6) is 0.675. The first-order valence-corrected chi connectivity index (χ1v) is 7.87. The number of rotatable bonds is 3. The monoisotopic (exact) mass is 324 g/mol. The zero-order chi connectivity index (χ0) is 17.1. The van der Waals surface area contributed by atoms with Crippen molar-refractivity contribution in [3.8, 4) is 0 Å². The second kappa shape index (κ2) is 6.70. The Labute approximate surface area is 141 Å². The number of carbonyl (C=O) groups is 2. The summed E-state index contributed by atoms with van der Waals surface area (Å²) in [6.45, 7) is 0.818. The largest absolute Gasteiger partial charge is 0.363 e. The van der Waals surface area contributed by atoms with E-state index in [2.05, 4.69) is 10.3 Å². The molecule has 2 aromatic rings. The molecule has 0 unspecified atom stereocenters. The van der Waals surface area contributed by atoms with Gasteiger partial charge in [0.2, 0.25) is 0 Å². The Kier molecular flexibility index (Phi) is 4.46. The van der Waals surface area contributed by atoms with Gasteiger partial charge in [-0.3, -0.25) is 9.69 Å². The van der Waals surface area contributed by atoms with Gasteiger partial charge in [-0.1, -0.05) is 30.3 Å². The lowest BCUT2D eigenvalue weighted by Gasteiger charge is -2.29. The van der Waals surface area contributed by atoms with Crippen LogP contribution in [-0.2, 0) is 6.54 Å². The normalized spacial score (nSPS) is 13.4. The molecule has 6 heteroatoms. The lowest BCUT2D eigenvalue weighted by atomic mass is 10.1. The third kappa shape index (κ3) is 3.22. The van der Waals surface area contributed by atoms with Gasteiger partial charge in [0.05, 0.1) is 5.69 Å². The Balaban J connectivity index is 1.79. The SMILES string of the molecule is CN(C)c1ccc2c(n1)C(=O)CCN2C(=O)NCc1ccccc1. The summed E-state index contributed by atoms with van der Waals surface area (Å²) in [5, 5.41) is 2.90. The smallest absolute Gasteiger partial charge is 0.322 e. The van der Waals surface area contributed by atoms with Gasteiger partial charge in [0.15, 0.2) is 5.78 Å². The summed E-state index contributed by atoms with van der Waals surface area (Å²) in [6.07, 6.45) is 0.287. The van der Waals surface area contributed by atoms with Crippen molar-refractivity contribution < 1.29 is 9.59 Å². The predicted octanol–water partition coefficient (Wildman–Crippen LogP) is 2.45. The molecular formula is C18H20N4O2. The molecule has 6 nitrogen and oxygen atoms in total. The number of anilines is 2.